The lowest BCUT2D eigenvalue weighted by molar-refractivity contribution is 0.0458. The highest BCUT2D eigenvalue weighted by molar-refractivity contribution is 9.09. The van der Waals surface area contributed by atoms with Crippen LogP contribution < -0.4 is 5.73 Å². The van der Waals surface area contributed by atoms with Crippen LogP contribution in [0.25, 0.3) is 0 Å². The van der Waals surface area contributed by atoms with Crippen molar-refractivity contribution in [3.05, 3.63) is 11.2 Å². The molecule has 2 nitrogen and oxygen atoms in total. The molecule has 0 fully saturated rings. The van der Waals surface area contributed by atoms with Gasteiger partial charge >= 0.3 is 5.92 Å². The number of alkyl halides is 3. The Hall–Kier alpha value is -0.170. The van der Waals surface area contributed by atoms with Gasteiger partial charge in [-0.25, -0.2) is 4.39 Å². The molecule has 12 heavy (non-hydrogen) atoms. The van der Waals surface area contributed by atoms with E-state index in [0.717, 1.165) is 0 Å². The quantitative estimate of drug-likeness (QED) is 0.467. The van der Waals surface area contributed by atoms with Crippen LogP contribution in [0.3, 0.4) is 0 Å². The molecule has 0 heterocycles. The summed E-state index contributed by atoms with van der Waals surface area (Å²) < 4.78 is 37.2. The molecule has 0 radical (unpaired) electrons. The summed E-state index contributed by atoms with van der Waals surface area (Å²) in [4.78, 5) is 0. The first-order chi connectivity index (χ1) is 5.40. The second-order valence-corrected chi connectivity index (χ2v) is 3.26. The highest BCUT2D eigenvalue weighted by Crippen LogP contribution is 2.28. The van der Waals surface area contributed by atoms with Gasteiger partial charge in [-0.2, -0.15) is 8.78 Å². The van der Waals surface area contributed by atoms with Crippen molar-refractivity contribution in [3.63, 3.8) is 0 Å². The van der Waals surface area contributed by atoms with E-state index in [4.69, 9.17) is 11.1 Å². The van der Waals surface area contributed by atoms with E-state index in [0.29, 0.717) is 17.2 Å². The minimum Gasteiger partial charge on any atom is -0.378 e. The van der Waals surface area contributed by atoms with E-state index in [-0.39, 0.29) is 0 Å². The number of amidine groups is 1. The minimum absolute atomic E-state index is 0.405. The van der Waals surface area contributed by atoms with Crippen molar-refractivity contribution in [1.29, 1.82) is 5.41 Å². The number of rotatable bonds is 3. The van der Waals surface area contributed by atoms with Crippen LogP contribution in [0, 0.1) is 5.41 Å². The molecule has 0 saturated heterocycles. The lowest BCUT2D eigenvalue weighted by Gasteiger charge is -2.09. The van der Waals surface area contributed by atoms with Gasteiger partial charge in [-0.15, -0.1) is 0 Å². The standard InChI is InChI=1S/C5H6BrF3N2S/c6-2-5(8,9)3(7)1-12-4(10)11/h1H,2H2,(H3,10,11)/b3-1+. The molecular formula is C5H6BrF3N2S. The minimum atomic E-state index is -3.53. The predicted molar refractivity (Wildman–Crippen MR) is 47.4 cm³/mol. The van der Waals surface area contributed by atoms with Gasteiger partial charge in [0.15, 0.2) is 11.0 Å². The summed E-state index contributed by atoms with van der Waals surface area (Å²) in [6.07, 6.45) is 0. The molecule has 0 saturated carbocycles. The van der Waals surface area contributed by atoms with Crippen molar-refractivity contribution in [2.75, 3.05) is 5.33 Å². The van der Waals surface area contributed by atoms with Crippen LogP contribution in [0.4, 0.5) is 13.2 Å². The van der Waals surface area contributed by atoms with Gasteiger partial charge in [0.2, 0.25) is 0 Å². The first-order valence-corrected chi connectivity index (χ1v) is 4.71. The van der Waals surface area contributed by atoms with Crippen LogP contribution in [0.15, 0.2) is 11.2 Å². The van der Waals surface area contributed by atoms with E-state index < -0.39 is 22.2 Å². The molecule has 0 aromatic rings. The zero-order chi connectivity index (χ0) is 9.78. The number of allylic oxidation sites excluding steroid dienone is 1. The third-order valence-corrected chi connectivity index (χ3v) is 2.09. The van der Waals surface area contributed by atoms with E-state index >= 15 is 0 Å². The Labute approximate surface area is 80.0 Å². The number of hydrogen-bond donors (Lipinski definition) is 2. The normalized spacial score (nSPS) is 13.2. The molecular weight excluding hydrogens is 257 g/mol. The molecule has 3 N–H and O–H groups in total. The van der Waals surface area contributed by atoms with Gasteiger partial charge < -0.3 is 5.73 Å². The molecule has 0 amide bonds. The largest absolute Gasteiger partial charge is 0.378 e. The Bertz CT molecular complexity index is 207. The first-order valence-electron chi connectivity index (χ1n) is 2.70. The van der Waals surface area contributed by atoms with Crippen LogP contribution in [0.2, 0.25) is 0 Å². The highest BCUT2D eigenvalue weighted by Gasteiger charge is 2.33. The molecule has 7 heteroatoms. The smallest absolute Gasteiger partial charge is 0.308 e. The highest BCUT2D eigenvalue weighted by atomic mass is 79.9. The molecule has 0 aromatic carbocycles. The summed E-state index contributed by atoms with van der Waals surface area (Å²) >= 11 is 2.86. The van der Waals surface area contributed by atoms with Crippen molar-refractivity contribution in [2.24, 2.45) is 5.73 Å². The monoisotopic (exact) mass is 262 g/mol. The van der Waals surface area contributed by atoms with Crippen molar-refractivity contribution in [1.82, 2.24) is 0 Å². The molecule has 0 unspecified atom stereocenters. The van der Waals surface area contributed by atoms with E-state index in [1.807, 2.05) is 0 Å². The number of nitrogens with one attached hydrogen (secondary N) is 1. The SMILES string of the molecule is N=C(N)S/C=C(/F)C(F)(F)CBr. The molecule has 0 aliphatic heterocycles. The molecule has 0 aliphatic rings. The molecule has 0 aromatic heterocycles. The van der Waals surface area contributed by atoms with Gasteiger partial charge in [0.25, 0.3) is 0 Å². The second-order valence-electron chi connectivity index (χ2n) is 1.79. The van der Waals surface area contributed by atoms with Crippen LogP contribution in [-0.4, -0.2) is 16.4 Å². The summed E-state index contributed by atoms with van der Waals surface area (Å²) in [6, 6.07) is 0. The summed E-state index contributed by atoms with van der Waals surface area (Å²) in [5, 5.41) is 5.91. The van der Waals surface area contributed by atoms with Crippen LogP contribution in [0.1, 0.15) is 0 Å². The third kappa shape index (κ3) is 4.01. The lowest BCUT2D eigenvalue weighted by Crippen LogP contribution is -2.18. The molecule has 70 valence electrons. The topological polar surface area (TPSA) is 49.9 Å². The number of nitrogens with two attached hydrogens (primary N) is 1. The maximum absolute atomic E-state index is 12.4. The maximum atomic E-state index is 12.4. The van der Waals surface area contributed by atoms with Crippen LogP contribution in [-0.2, 0) is 0 Å². The number of halogens is 4. The maximum Gasteiger partial charge on any atom is 0.308 e. The Morgan fingerprint density at radius 3 is 2.50 bits per heavy atom. The van der Waals surface area contributed by atoms with E-state index in [2.05, 4.69) is 15.9 Å². The fourth-order valence-electron chi connectivity index (χ4n) is 0.265. The molecule has 0 aliphatic carbocycles. The van der Waals surface area contributed by atoms with Crippen molar-refractivity contribution in [3.8, 4) is 0 Å². The zero-order valence-electron chi connectivity index (χ0n) is 5.78. The van der Waals surface area contributed by atoms with Crippen molar-refractivity contribution in [2.45, 2.75) is 5.92 Å². The Balaban J connectivity index is 4.26. The van der Waals surface area contributed by atoms with E-state index in [1.54, 1.807) is 0 Å². The summed E-state index contributed by atoms with van der Waals surface area (Å²) in [5.41, 5.74) is 4.80. The molecule has 0 atom stereocenters. The lowest BCUT2D eigenvalue weighted by atomic mass is 10.4. The average Bonchev–Trinajstić information content (AvgIpc) is 2.00. The second kappa shape index (κ2) is 4.76. The van der Waals surface area contributed by atoms with Crippen molar-refractivity contribution >= 4 is 32.9 Å². The summed E-state index contributed by atoms with van der Waals surface area (Å²) in [6.45, 7) is 0. The summed E-state index contributed by atoms with van der Waals surface area (Å²) in [5.74, 6) is -5.12. The van der Waals surface area contributed by atoms with Gasteiger partial charge in [0, 0.05) is 5.41 Å². The Morgan fingerprint density at radius 2 is 2.17 bits per heavy atom. The Kier molecular flexibility index (Phi) is 4.69. The van der Waals surface area contributed by atoms with Crippen molar-refractivity contribution < 1.29 is 13.2 Å². The molecule has 0 rings (SSSR count). The van der Waals surface area contributed by atoms with Gasteiger partial charge in [-0.05, 0) is 0 Å². The number of hydrogen-bond acceptors (Lipinski definition) is 2. The van der Waals surface area contributed by atoms with E-state index in [1.165, 1.54) is 0 Å². The molecule has 0 spiro atoms. The molecule has 0 bridgehead atoms. The van der Waals surface area contributed by atoms with Gasteiger partial charge in [-0.3, -0.25) is 5.41 Å². The van der Waals surface area contributed by atoms with Crippen LogP contribution >= 0.6 is 27.7 Å². The zero-order valence-corrected chi connectivity index (χ0v) is 8.18. The third-order valence-electron chi connectivity index (χ3n) is 0.807. The van der Waals surface area contributed by atoms with Crippen LogP contribution in [0.5, 0.6) is 0 Å². The summed E-state index contributed by atoms with van der Waals surface area (Å²) in [7, 11) is 0. The van der Waals surface area contributed by atoms with Gasteiger partial charge in [0.1, 0.15) is 0 Å². The number of thioether (sulfide) groups is 1. The average molecular weight is 263 g/mol. The predicted octanol–water partition coefficient (Wildman–Crippen LogP) is 2.45. The van der Waals surface area contributed by atoms with E-state index in [9.17, 15) is 13.2 Å². The first kappa shape index (κ1) is 11.8. The van der Waals surface area contributed by atoms with Gasteiger partial charge in [0.05, 0.1) is 5.33 Å². The fraction of sp³-hybridized carbons (Fsp3) is 0.400. The Morgan fingerprint density at radius 1 is 1.67 bits per heavy atom. The fourth-order valence-corrected chi connectivity index (χ4v) is 0.936. The van der Waals surface area contributed by atoms with Gasteiger partial charge in [-0.1, -0.05) is 27.7 Å².